The largest absolute Gasteiger partial charge is 0.326 e. The minimum absolute atomic E-state index is 0.0788. The number of halogens is 1. The third kappa shape index (κ3) is 2.64. The third-order valence-corrected chi connectivity index (χ3v) is 5.00. The van der Waals surface area contributed by atoms with E-state index in [2.05, 4.69) is 57.9 Å². The second kappa shape index (κ2) is 6.09. The molecule has 21 heavy (non-hydrogen) atoms. The normalized spacial score (nSPS) is 22.2. The van der Waals surface area contributed by atoms with E-state index in [-0.39, 0.29) is 5.54 Å². The molecule has 114 valence electrons. The number of nitrogens with one attached hydrogen (secondary N) is 1. The highest BCUT2D eigenvalue weighted by atomic mass is 79.9. The first-order valence-corrected chi connectivity index (χ1v) is 8.91. The summed E-state index contributed by atoms with van der Waals surface area (Å²) in [5.41, 5.74) is 2.45. The number of nitrogens with zero attached hydrogens (tertiary/aromatic N) is 2. The van der Waals surface area contributed by atoms with Gasteiger partial charge in [0.25, 0.3) is 0 Å². The number of rotatable bonds is 5. The Morgan fingerprint density at radius 2 is 2.19 bits per heavy atom. The Balaban J connectivity index is 2.17. The highest BCUT2D eigenvalue weighted by Gasteiger charge is 2.38. The van der Waals surface area contributed by atoms with Crippen molar-refractivity contribution in [1.82, 2.24) is 14.9 Å². The number of aromatic nitrogens is 2. The molecule has 0 saturated carbocycles. The summed E-state index contributed by atoms with van der Waals surface area (Å²) in [4.78, 5) is 5.04. The highest BCUT2D eigenvalue weighted by molar-refractivity contribution is 9.10. The topological polar surface area (TPSA) is 29.9 Å². The molecule has 0 bridgehead atoms. The molecule has 0 amide bonds. The number of hydrogen-bond donors (Lipinski definition) is 1. The number of aryl methyl sites for hydroxylation is 1. The van der Waals surface area contributed by atoms with Gasteiger partial charge in [0.2, 0.25) is 0 Å². The SMILES string of the molecule is CCCn1c(C2(CCC)CCCN2)nc2cc(Br)ccc21. The van der Waals surface area contributed by atoms with Gasteiger partial charge in [0.05, 0.1) is 16.6 Å². The lowest BCUT2D eigenvalue weighted by atomic mass is 9.91. The molecule has 2 aromatic rings. The quantitative estimate of drug-likeness (QED) is 0.855. The summed E-state index contributed by atoms with van der Waals surface area (Å²) in [5.74, 6) is 1.25. The first-order chi connectivity index (χ1) is 10.2. The zero-order valence-electron chi connectivity index (χ0n) is 13.0. The monoisotopic (exact) mass is 349 g/mol. The van der Waals surface area contributed by atoms with Gasteiger partial charge in [-0.1, -0.05) is 36.2 Å². The summed E-state index contributed by atoms with van der Waals surface area (Å²) in [6.45, 7) is 6.66. The molecule has 2 heterocycles. The Bertz CT molecular complexity index is 626. The van der Waals surface area contributed by atoms with Crippen LogP contribution in [-0.4, -0.2) is 16.1 Å². The van der Waals surface area contributed by atoms with Gasteiger partial charge in [0.15, 0.2) is 0 Å². The molecule has 0 aliphatic carbocycles. The highest BCUT2D eigenvalue weighted by Crippen LogP contribution is 2.37. The minimum atomic E-state index is 0.0788. The summed E-state index contributed by atoms with van der Waals surface area (Å²) >= 11 is 3.57. The van der Waals surface area contributed by atoms with Crippen LogP contribution < -0.4 is 5.32 Å². The fourth-order valence-electron chi connectivity index (χ4n) is 3.67. The summed E-state index contributed by atoms with van der Waals surface area (Å²) in [6, 6.07) is 6.45. The van der Waals surface area contributed by atoms with Gasteiger partial charge in [0.1, 0.15) is 5.82 Å². The smallest absolute Gasteiger partial charge is 0.130 e. The molecule has 0 spiro atoms. The average Bonchev–Trinajstić information content (AvgIpc) is 3.06. The van der Waals surface area contributed by atoms with Crippen molar-refractivity contribution in [1.29, 1.82) is 0 Å². The molecule has 1 N–H and O–H groups in total. The predicted octanol–water partition coefficient (Wildman–Crippen LogP) is 4.59. The number of fused-ring (bicyclic) bond motifs is 1. The van der Waals surface area contributed by atoms with Crippen molar-refractivity contribution in [2.75, 3.05) is 6.54 Å². The van der Waals surface area contributed by atoms with Gasteiger partial charge < -0.3 is 9.88 Å². The van der Waals surface area contributed by atoms with Crippen LogP contribution in [0, 0.1) is 0 Å². The molecule has 3 rings (SSSR count). The average molecular weight is 350 g/mol. The minimum Gasteiger partial charge on any atom is -0.326 e. The van der Waals surface area contributed by atoms with Gasteiger partial charge >= 0.3 is 0 Å². The lowest BCUT2D eigenvalue weighted by Gasteiger charge is -2.29. The Kier molecular flexibility index (Phi) is 4.36. The fourth-order valence-corrected chi connectivity index (χ4v) is 4.02. The van der Waals surface area contributed by atoms with E-state index in [1.807, 2.05) is 0 Å². The summed E-state index contributed by atoms with van der Waals surface area (Å²) in [6.07, 6.45) is 5.94. The van der Waals surface area contributed by atoms with Crippen LogP contribution in [0.5, 0.6) is 0 Å². The maximum atomic E-state index is 5.04. The van der Waals surface area contributed by atoms with E-state index in [1.54, 1.807) is 0 Å². The molecule has 3 nitrogen and oxygen atoms in total. The summed E-state index contributed by atoms with van der Waals surface area (Å²) in [5, 5.41) is 3.77. The lowest BCUT2D eigenvalue weighted by Crippen LogP contribution is -2.39. The van der Waals surface area contributed by atoms with Crippen LogP contribution in [0.15, 0.2) is 22.7 Å². The zero-order valence-corrected chi connectivity index (χ0v) is 14.5. The molecule has 0 radical (unpaired) electrons. The molecular formula is C17H24BrN3. The Morgan fingerprint density at radius 1 is 1.33 bits per heavy atom. The van der Waals surface area contributed by atoms with Gasteiger partial charge in [-0.3, -0.25) is 0 Å². The van der Waals surface area contributed by atoms with Crippen molar-refractivity contribution in [3.05, 3.63) is 28.5 Å². The van der Waals surface area contributed by atoms with Gasteiger partial charge in [-0.25, -0.2) is 4.98 Å². The fraction of sp³-hybridized carbons (Fsp3) is 0.588. The second-order valence-corrected chi connectivity index (χ2v) is 7.00. The van der Waals surface area contributed by atoms with Crippen LogP contribution in [0.2, 0.25) is 0 Å². The van der Waals surface area contributed by atoms with Crippen LogP contribution in [-0.2, 0) is 12.1 Å². The van der Waals surface area contributed by atoms with Gasteiger partial charge in [-0.15, -0.1) is 0 Å². The van der Waals surface area contributed by atoms with Crippen molar-refractivity contribution in [3.63, 3.8) is 0 Å². The first kappa shape index (κ1) is 15.0. The standard InChI is InChI=1S/C17H24BrN3/c1-3-8-17(9-5-10-19-17)16-20-14-12-13(18)6-7-15(14)21(16)11-4-2/h6-7,12,19H,3-5,8-11H2,1-2H3. The van der Waals surface area contributed by atoms with E-state index in [9.17, 15) is 0 Å². The molecule has 4 heteroatoms. The van der Waals surface area contributed by atoms with Crippen LogP contribution >= 0.6 is 15.9 Å². The second-order valence-electron chi connectivity index (χ2n) is 6.08. The molecule has 1 aromatic carbocycles. The molecule has 1 aromatic heterocycles. The molecule has 1 saturated heterocycles. The summed E-state index contributed by atoms with van der Waals surface area (Å²) in [7, 11) is 0. The van der Waals surface area contributed by atoms with E-state index in [1.165, 1.54) is 37.0 Å². The van der Waals surface area contributed by atoms with Crippen LogP contribution in [0.1, 0.15) is 51.8 Å². The predicted molar refractivity (Wildman–Crippen MR) is 91.5 cm³/mol. The van der Waals surface area contributed by atoms with Gasteiger partial charge in [-0.05, 0) is 50.4 Å². The molecule has 1 atom stereocenters. The van der Waals surface area contributed by atoms with Crippen LogP contribution in [0.3, 0.4) is 0 Å². The van der Waals surface area contributed by atoms with E-state index in [0.29, 0.717) is 0 Å². The maximum absolute atomic E-state index is 5.04. The molecule has 1 fully saturated rings. The Labute approximate surface area is 135 Å². The van der Waals surface area contributed by atoms with E-state index in [4.69, 9.17) is 4.98 Å². The van der Waals surface area contributed by atoms with Crippen molar-refractivity contribution >= 4 is 27.0 Å². The van der Waals surface area contributed by atoms with Crippen LogP contribution in [0.4, 0.5) is 0 Å². The summed E-state index contributed by atoms with van der Waals surface area (Å²) < 4.78 is 3.54. The first-order valence-electron chi connectivity index (χ1n) is 8.11. The van der Waals surface area contributed by atoms with Crippen molar-refractivity contribution < 1.29 is 0 Å². The Morgan fingerprint density at radius 3 is 2.86 bits per heavy atom. The number of imidazole rings is 1. The molecule has 1 aliphatic heterocycles. The van der Waals surface area contributed by atoms with Crippen molar-refractivity contribution in [2.24, 2.45) is 0 Å². The molecule has 1 aliphatic rings. The molecular weight excluding hydrogens is 326 g/mol. The third-order valence-electron chi connectivity index (χ3n) is 4.51. The zero-order chi connectivity index (χ0) is 14.9. The van der Waals surface area contributed by atoms with Gasteiger partial charge in [0, 0.05) is 11.0 Å². The van der Waals surface area contributed by atoms with E-state index >= 15 is 0 Å². The molecule has 1 unspecified atom stereocenters. The van der Waals surface area contributed by atoms with Crippen molar-refractivity contribution in [3.8, 4) is 0 Å². The van der Waals surface area contributed by atoms with Gasteiger partial charge in [-0.2, -0.15) is 0 Å². The number of hydrogen-bond acceptors (Lipinski definition) is 2. The lowest BCUT2D eigenvalue weighted by molar-refractivity contribution is 0.322. The van der Waals surface area contributed by atoms with Crippen molar-refractivity contribution in [2.45, 2.75) is 58.0 Å². The van der Waals surface area contributed by atoms with Crippen LogP contribution in [0.25, 0.3) is 11.0 Å². The maximum Gasteiger partial charge on any atom is 0.130 e. The number of benzene rings is 1. The van der Waals surface area contributed by atoms with E-state index < -0.39 is 0 Å². The Hall–Kier alpha value is -0.870. The van der Waals surface area contributed by atoms with E-state index in [0.717, 1.165) is 29.5 Å².